The number of nitrogens with zero attached hydrogens (tertiary/aromatic N) is 4. The van der Waals surface area contributed by atoms with E-state index in [0.29, 0.717) is 36.1 Å². The van der Waals surface area contributed by atoms with Gasteiger partial charge in [-0.2, -0.15) is 0 Å². The summed E-state index contributed by atoms with van der Waals surface area (Å²) < 4.78 is 15.8. The monoisotopic (exact) mass is 366 g/mol. The van der Waals surface area contributed by atoms with E-state index in [1.165, 1.54) is 6.07 Å². The third-order valence-electron chi connectivity index (χ3n) is 3.69. The van der Waals surface area contributed by atoms with Crippen LogP contribution in [0.2, 0.25) is 5.02 Å². The molecule has 0 atom stereocenters. The van der Waals surface area contributed by atoms with Gasteiger partial charge in [-0.25, -0.2) is 4.39 Å². The molecule has 1 aromatic heterocycles. The van der Waals surface area contributed by atoms with Crippen LogP contribution in [0.15, 0.2) is 29.5 Å². The molecule has 1 heterocycles. The highest BCUT2D eigenvalue weighted by Gasteiger charge is 2.06. The van der Waals surface area contributed by atoms with Crippen LogP contribution < -0.4 is 10.6 Å². The number of rotatable bonds is 8. The molecule has 0 bridgehead atoms. The van der Waals surface area contributed by atoms with Crippen molar-refractivity contribution in [3.05, 3.63) is 46.8 Å². The molecule has 8 heteroatoms. The highest BCUT2D eigenvalue weighted by atomic mass is 35.5. The van der Waals surface area contributed by atoms with Crippen molar-refractivity contribution in [2.45, 2.75) is 33.2 Å². The Morgan fingerprint density at radius 3 is 2.88 bits per heavy atom. The van der Waals surface area contributed by atoms with Gasteiger partial charge in [0.05, 0.1) is 0 Å². The Hall–Kier alpha value is -2.15. The quantitative estimate of drug-likeness (QED) is 0.556. The Morgan fingerprint density at radius 2 is 2.16 bits per heavy atom. The maximum absolute atomic E-state index is 13.8. The van der Waals surface area contributed by atoms with E-state index in [1.807, 2.05) is 18.4 Å². The molecule has 0 unspecified atom stereocenters. The largest absolute Gasteiger partial charge is 0.357 e. The lowest BCUT2D eigenvalue weighted by molar-refractivity contribution is 0.609. The van der Waals surface area contributed by atoms with Crippen molar-refractivity contribution in [2.24, 2.45) is 4.99 Å². The molecule has 2 N–H and O–H groups in total. The first-order valence-electron chi connectivity index (χ1n) is 8.47. The van der Waals surface area contributed by atoms with Crippen LogP contribution in [0.4, 0.5) is 4.39 Å². The van der Waals surface area contributed by atoms with Crippen LogP contribution in [0, 0.1) is 5.82 Å². The normalized spacial score (nSPS) is 11.6. The molecule has 0 aliphatic carbocycles. The smallest absolute Gasteiger partial charge is 0.191 e. The number of aliphatic imine (C=N–C) groups is 1. The first-order chi connectivity index (χ1) is 12.2. The van der Waals surface area contributed by atoms with Crippen molar-refractivity contribution in [3.8, 4) is 0 Å². The van der Waals surface area contributed by atoms with Crippen molar-refractivity contribution >= 4 is 17.6 Å². The molecule has 1 aromatic carbocycles. The Morgan fingerprint density at radius 1 is 1.32 bits per heavy atom. The van der Waals surface area contributed by atoms with E-state index in [2.05, 4.69) is 25.8 Å². The summed E-state index contributed by atoms with van der Waals surface area (Å²) in [6.07, 6.45) is 3.02. The van der Waals surface area contributed by atoms with Crippen LogP contribution in [0.25, 0.3) is 0 Å². The molecule has 0 spiro atoms. The zero-order valence-electron chi connectivity index (χ0n) is 14.6. The Bertz CT molecular complexity index is 680. The number of benzene rings is 1. The third kappa shape index (κ3) is 5.70. The molecule has 25 heavy (non-hydrogen) atoms. The summed E-state index contributed by atoms with van der Waals surface area (Å²) in [7, 11) is 0. The average Bonchev–Trinajstić information content (AvgIpc) is 3.05. The van der Waals surface area contributed by atoms with Crippen molar-refractivity contribution in [2.75, 3.05) is 19.6 Å². The minimum Gasteiger partial charge on any atom is -0.357 e. The summed E-state index contributed by atoms with van der Waals surface area (Å²) in [5.74, 6) is 1.36. The molecule has 6 nitrogen and oxygen atoms in total. The van der Waals surface area contributed by atoms with Crippen LogP contribution in [0.5, 0.6) is 0 Å². The summed E-state index contributed by atoms with van der Waals surface area (Å²) >= 11 is 6.04. The second-order valence-corrected chi connectivity index (χ2v) is 5.84. The van der Waals surface area contributed by atoms with Gasteiger partial charge in [0.2, 0.25) is 0 Å². The Kier molecular flexibility index (Phi) is 7.66. The van der Waals surface area contributed by atoms with Gasteiger partial charge < -0.3 is 15.2 Å². The van der Waals surface area contributed by atoms with E-state index in [-0.39, 0.29) is 5.82 Å². The summed E-state index contributed by atoms with van der Waals surface area (Å²) in [5, 5.41) is 14.9. The zero-order valence-corrected chi connectivity index (χ0v) is 15.4. The first-order valence-corrected chi connectivity index (χ1v) is 8.85. The molecule has 0 saturated heterocycles. The van der Waals surface area contributed by atoms with Crippen LogP contribution in [0.1, 0.15) is 25.2 Å². The minimum atomic E-state index is -0.291. The maximum Gasteiger partial charge on any atom is 0.191 e. The predicted octanol–water partition coefficient (Wildman–Crippen LogP) is 2.43. The van der Waals surface area contributed by atoms with Crippen LogP contribution in [-0.4, -0.2) is 40.4 Å². The summed E-state index contributed by atoms with van der Waals surface area (Å²) in [5.41, 5.74) is 0.501. The Balaban J connectivity index is 1.87. The number of guanidine groups is 1. The first kappa shape index (κ1) is 19.2. The van der Waals surface area contributed by atoms with Gasteiger partial charge in [0.15, 0.2) is 5.96 Å². The van der Waals surface area contributed by atoms with Gasteiger partial charge in [0, 0.05) is 43.2 Å². The maximum atomic E-state index is 13.8. The standard InChI is InChI=1S/C17H24ClFN6/c1-3-16-24-23-12-25(16)11-10-22-17(20-4-2)21-9-8-13-14(18)6-5-7-15(13)19/h5-7,12H,3-4,8-11H2,1-2H3,(H2,20,21,22). The fraction of sp³-hybridized carbons (Fsp3) is 0.471. The van der Waals surface area contributed by atoms with Gasteiger partial charge in [-0.05, 0) is 25.5 Å². The number of aromatic nitrogens is 3. The second-order valence-electron chi connectivity index (χ2n) is 5.43. The molecule has 0 aliphatic rings. The number of hydrogen-bond donors (Lipinski definition) is 2. The topological polar surface area (TPSA) is 67.1 Å². The van der Waals surface area contributed by atoms with Crippen LogP contribution >= 0.6 is 11.6 Å². The third-order valence-corrected chi connectivity index (χ3v) is 4.05. The van der Waals surface area contributed by atoms with Crippen molar-refractivity contribution in [3.63, 3.8) is 0 Å². The van der Waals surface area contributed by atoms with Crippen molar-refractivity contribution < 1.29 is 4.39 Å². The van der Waals surface area contributed by atoms with Crippen LogP contribution in [-0.2, 0) is 19.4 Å². The second kappa shape index (κ2) is 9.98. The molecular formula is C17H24ClFN6. The SMILES string of the molecule is CCNC(=NCCc1c(F)cccc1Cl)NCCn1cnnc1CC. The van der Waals surface area contributed by atoms with E-state index in [4.69, 9.17) is 11.6 Å². The number of hydrogen-bond acceptors (Lipinski definition) is 3. The summed E-state index contributed by atoms with van der Waals surface area (Å²) in [6.45, 7) is 6.69. The van der Waals surface area contributed by atoms with Crippen molar-refractivity contribution in [1.82, 2.24) is 25.4 Å². The molecule has 136 valence electrons. The van der Waals surface area contributed by atoms with Gasteiger partial charge in [-0.3, -0.25) is 4.99 Å². The summed E-state index contributed by atoms with van der Waals surface area (Å²) in [6, 6.07) is 4.71. The van der Waals surface area contributed by atoms with Gasteiger partial charge >= 0.3 is 0 Å². The fourth-order valence-electron chi connectivity index (χ4n) is 2.43. The van der Waals surface area contributed by atoms with E-state index in [1.54, 1.807) is 18.5 Å². The molecule has 0 amide bonds. The van der Waals surface area contributed by atoms with Gasteiger partial charge in [0.25, 0.3) is 0 Å². The molecule has 2 aromatic rings. The van der Waals surface area contributed by atoms with E-state index >= 15 is 0 Å². The lowest BCUT2D eigenvalue weighted by Gasteiger charge is -2.12. The molecule has 0 saturated carbocycles. The zero-order chi connectivity index (χ0) is 18.1. The molecule has 0 fully saturated rings. The molecular weight excluding hydrogens is 343 g/mol. The number of halogens is 2. The lowest BCUT2D eigenvalue weighted by Crippen LogP contribution is -2.39. The van der Waals surface area contributed by atoms with Gasteiger partial charge in [0.1, 0.15) is 18.0 Å². The Labute approximate surface area is 152 Å². The molecule has 2 rings (SSSR count). The van der Waals surface area contributed by atoms with Gasteiger partial charge in [-0.15, -0.1) is 10.2 Å². The molecule has 0 aliphatic heterocycles. The number of aryl methyl sites for hydroxylation is 1. The fourth-order valence-corrected chi connectivity index (χ4v) is 2.68. The van der Waals surface area contributed by atoms with Gasteiger partial charge in [-0.1, -0.05) is 24.6 Å². The predicted molar refractivity (Wildman–Crippen MR) is 98.5 cm³/mol. The highest BCUT2D eigenvalue weighted by molar-refractivity contribution is 6.31. The average molecular weight is 367 g/mol. The van der Waals surface area contributed by atoms with E-state index in [0.717, 1.165) is 25.3 Å². The van der Waals surface area contributed by atoms with Crippen molar-refractivity contribution in [1.29, 1.82) is 0 Å². The lowest BCUT2D eigenvalue weighted by atomic mass is 10.1. The minimum absolute atomic E-state index is 0.291. The summed E-state index contributed by atoms with van der Waals surface area (Å²) in [4.78, 5) is 4.48. The number of nitrogens with one attached hydrogen (secondary N) is 2. The van der Waals surface area contributed by atoms with E-state index < -0.39 is 0 Å². The molecule has 0 radical (unpaired) electrons. The van der Waals surface area contributed by atoms with Crippen LogP contribution in [0.3, 0.4) is 0 Å². The van der Waals surface area contributed by atoms with E-state index in [9.17, 15) is 4.39 Å². The highest BCUT2D eigenvalue weighted by Crippen LogP contribution is 2.19.